The number of hydrogen-bond acceptors (Lipinski definition) is 12. The number of ether oxygens (including phenoxy) is 1. The molecule has 0 aliphatic carbocycles. The number of carbonyl (C=O) groups excluding carboxylic acids is 2. The molecule has 3 aromatic rings. The Bertz CT molecular complexity index is 1390. The highest BCUT2D eigenvalue weighted by molar-refractivity contribution is 7.98. The number of anilines is 2. The molecule has 2 fully saturated rings. The Labute approximate surface area is 253 Å². The van der Waals surface area contributed by atoms with Crippen LogP contribution in [0, 0.1) is 0 Å². The van der Waals surface area contributed by atoms with Gasteiger partial charge in [-0.2, -0.15) is 0 Å². The van der Waals surface area contributed by atoms with Gasteiger partial charge in [0.2, 0.25) is 5.16 Å². The molecule has 2 aliphatic rings. The van der Waals surface area contributed by atoms with Crippen molar-refractivity contribution in [2.45, 2.75) is 11.6 Å². The molecule has 16 heteroatoms. The summed E-state index contributed by atoms with van der Waals surface area (Å²) in [4.78, 5) is 36.8. The highest BCUT2D eigenvalue weighted by atomic mass is 35.5. The van der Waals surface area contributed by atoms with Gasteiger partial charge >= 0.3 is 0 Å². The fraction of sp³-hybridized carbons (Fsp3) is 0.500. The summed E-state index contributed by atoms with van der Waals surface area (Å²) in [6.45, 7) is 8.14. The number of nitrogens with one attached hydrogen (secondary N) is 2. The average Bonchev–Trinajstić information content (AvgIpc) is 3.51. The first kappa shape index (κ1) is 30.1. The minimum Gasteiger partial charge on any atom is -0.379 e. The minimum absolute atomic E-state index is 0.0268. The van der Waals surface area contributed by atoms with E-state index in [1.165, 1.54) is 16.4 Å². The van der Waals surface area contributed by atoms with E-state index in [4.69, 9.17) is 16.3 Å². The average molecular weight is 616 g/mol. The molecule has 0 unspecified atom stereocenters. The molecule has 2 saturated heterocycles. The third-order valence-corrected chi connectivity index (χ3v) is 7.93. The van der Waals surface area contributed by atoms with E-state index in [2.05, 4.69) is 57.9 Å². The molecule has 0 radical (unpaired) electrons. The summed E-state index contributed by atoms with van der Waals surface area (Å²) in [7, 11) is 2.08. The number of aromatic nitrogens is 6. The molecule has 14 nitrogen and oxygen atoms in total. The van der Waals surface area contributed by atoms with Crippen molar-refractivity contribution in [3.63, 3.8) is 0 Å². The summed E-state index contributed by atoms with van der Waals surface area (Å²) in [6, 6.07) is 5.59. The molecule has 5 rings (SSSR count). The summed E-state index contributed by atoms with van der Waals surface area (Å²) < 4.78 is 6.88. The molecular weight excluding hydrogens is 582 g/mol. The number of piperazine rings is 1. The van der Waals surface area contributed by atoms with Gasteiger partial charge < -0.3 is 25.2 Å². The van der Waals surface area contributed by atoms with Crippen molar-refractivity contribution in [1.82, 2.24) is 45.3 Å². The van der Waals surface area contributed by atoms with Crippen LogP contribution in [0.2, 0.25) is 5.15 Å². The van der Waals surface area contributed by atoms with Crippen LogP contribution in [0.25, 0.3) is 5.69 Å². The predicted molar refractivity (Wildman–Crippen MR) is 160 cm³/mol. The van der Waals surface area contributed by atoms with Gasteiger partial charge in [-0.1, -0.05) is 28.6 Å². The Hall–Kier alpha value is -3.37. The Morgan fingerprint density at radius 2 is 1.83 bits per heavy atom. The van der Waals surface area contributed by atoms with E-state index in [9.17, 15) is 9.59 Å². The summed E-state index contributed by atoms with van der Waals surface area (Å²) >= 11 is 7.53. The lowest BCUT2D eigenvalue weighted by molar-refractivity contribution is 0.0374. The third-order valence-electron chi connectivity index (χ3n) is 7.13. The van der Waals surface area contributed by atoms with Crippen LogP contribution in [0.4, 0.5) is 11.4 Å². The Balaban J connectivity index is 1.30. The Morgan fingerprint density at radius 3 is 2.57 bits per heavy atom. The van der Waals surface area contributed by atoms with E-state index in [1.807, 2.05) is 12.1 Å². The first-order valence-electron chi connectivity index (χ1n) is 13.8. The van der Waals surface area contributed by atoms with Gasteiger partial charge in [0.15, 0.2) is 16.5 Å². The van der Waals surface area contributed by atoms with Crippen molar-refractivity contribution in [1.29, 1.82) is 0 Å². The second kappa shape index (κ2) is 14.2. The van der Waals surface area contributed by atoms with Crippen LogP contribution in [0.1, 0.15) is 27.4 Å². The zero-order valence-corrected chi connectivity index (χ0v) is 25.2. The van der Waals surface area contributed by atoms with Crippen molar-refractivity contribution in [3.8, 4) is 5.69 Å². The van der Waals surface area contributed by atoms with Crippen molar-refractivity contribution in [3.05, 3.63) is 40.9 Å². The molecule has 4 heterocycles. The maximum absolute atomic E-state index is 13.2. The second-order valence-corrected chi connectivity index (χ2v) is 11.1. The van der Waals surface area contributed by atoms with E-state index in [-0.39, 0.29) is 22.4 Å². The van der Waals surface area contributed by atoms with Gasteiger partial charge in [-0.05, 0) is 44.5 Å². The minimum atomic E-state index is -0.532. The van der Waals surface area contributed by atoms with Crippen molar-refractivity contribution >= 4 is 46.6 Å². The molecule has 2 N–H and O–H groups in total. The topological polar surface area (TPSA) is 147 Å². The number of amides is 2. The largest absolute Gasteiger partial charge is 0.379 e. The monoisotopic (exact) mass is 615 g/mol. The summed E-state index contributed by atoms with van der Waals surface area (Å²) in [5.74, 6) is -0.823. The van der Waals surface area contributed by atoms with Crippen LogP contribution < -0.4 is 15.5 Å². The predicted octanol–water partition coefficient (Wildman–Crippen LogP) is 1.28. The van der Waals surface area contributed by atoms with Crippen molar-refractivity contribution in [2.75, 3.05) is 89.1 Å². The second-order valence-electron chi connectivity index (χ2n) is 10.00. The molecule has 42 heavy (non-hydrogen) atoms. The molecule has 1 aromatic carbocycles. The lowest BCUT2D eigenvalue weighted by Crippen LogP contribution is -2.44. The SMILES string of the molecule is CSc1nnc(C(=O)Nc2cc(-n3cc(C(=O)NCCCN4CCOCC4)nn3)ccc2N2CCN(C)CC2)c(Cl)n1. The summed E-state index contributed by atoms with van der Waals surface area (Å²) in [5.41, 5.74) is 2.14. The quantitative estimate of drug-likeness (QED) is 0.250. The van der Waals surface area contributed by atoms with Crippen LogP contribution in [0.5, 0.6) is 0 Å². The molecule has 0 saturated carbocycles. The number of halogens is 1. The smallest absolute Gasteiger partial charge is 0.279 e. The van der Waals surface area contributed by atoms with E-state index in [1.54, 1.807) is 18.5 Å². The fourth-order valence-electron chi connectivity index (χ4n) is 4.70. The number of likely N-dealkylation sites (N-methyl/N-ethyl adjacent to an activating group) is 1. The van der Waals surface area contributed by atoms with Crippen molar-refractivity contribution < 1.29 is 14.3 Å². The van der Waals surface area contributed by atoms with Crippen LogP contribution >= 0.6 is 23.4 Å². The number of morpholine rings is 1. The van der Waals surface area contributed by atoms with Crippen molar-refractivity contribution in [2.24, 2.45) is 0 Å². The zero-order chi connectivity index (χ0) is 29.5. The molecule has 0 atom stereocenters. The van der Waals surface area contributed by atoms with E-state index < -0.39 is 5.91 Å². The van der Waals surface area contributed by atoms with Gasteiger partial charge in [0.1, 0.15) is 0 Å². The molecule has 224 valence electrons. The van der Waals surface area contributed by atoms with Gasteiger partial charge in [-0.15, -0.1) is 15.3 Å². The lowest BCUT2D eigenvalue weighted by Gasteiger charge is -2.35. The van der Waals surface area contributed by atoms with Crippen LogP contribution in [-0.2, 0) is 4.74 Å². The number of hydrogen-bond donors (Lipinski definition) is 2. The molecule has 2 amide bonds. The first-order valence-corrected chi connectivity index (χ1v) is 15.4. The molecule has 0 spiro atoms. The van der Waals surface area contributed by atoms with Gasteiger partial charge in [0.25, 0.3) is 11.8 Å². The number of carbonyl (C=O) groups is 2. The number of thioether (sulfide) groups is 1. The van der Waals surface area contributed by atoms with Crippen LogP contribution in [0.3, 0.4) is 0 Å². The zero-order valence-electron chi connectivity index (χ0n) is 23.6. The first-order chi connectivity index (χ1) is 20.4. The third kappa shape index (κ3) is 7.52. The number of rotatable bonds is 10. The summed E-state index contributed by atoms with van der Waals surface area (Å²) in [5, 5.41) is 22.4. The molecule has 2 aromatic heterocycles. The van der Waals surface area contributed by atoms with Crippen LogP contribution in [-0.4, -0.2) is 131 Å². The van der Waals surface area contributed by atoms with E-state index in [0.29, 0.717) is 23.1 Å². The maximum atomic E-state index is 13.2. The maximum Gasteiger partial charge on any atom is 0.279 e. The Morgan fingerprint density at radius 1 is 1.05 bits per heavy atom. The summed E-state index contributed by atoms with van der Waals surface area (Å²) in [6.07, 6.45) is 4.20. The van der Waals surface area contributed by atoms with E-state index in [0.717, 1.165) is 71.1 Å². The van der Waals surface area contributed by atoms with E-state index >= 15 is 0 Å². The Kier molecular flexibility index (Phi) is 10.2. The molecular formula is C26H34ClN11O3S. The standard InChI is InChI=1S/C26H34ClN11O3S/c1-35-8-10-37(11-9-35)21-5-4-18(16-19(21)29-25(40)22-23(27)30-26(42-2)33-32-22)38-17-20(31-34-38)24(39)28-6-3-7-36-12-14-41-15-13-36/h4-5,16-17H,3,6-15H2,1-2H3,(H,28,39)(H,29,40). The lowest BCUT2D eigenvalue weighted by atomic mass is 10.2. The molecule has 2 aliphatic heterocycles. The highest BCUT2D eigenvalue weighted by Crippen LogP contribution is 2.30. The highest BCUT2D eigenvalue weighted by Gasteiger charge is 2.22. The van der Waals surface area contributed by atoms with Gasteiger partial charge in [0, 0.05) is 45.8 Å². The molecule has 0 bridgehead atoms. The van der Waals surface area contributed by atoms with Crippen LogP contribution in [0.15, 0.2) is 29.6 Å². The van der Waals surface area contributed by atoms with Gasteiger partial charge in [0.05, 0.1) is 36.5 Å². The number of nitrogens with zero attached hydrogens (tertiary/aromatic N) is 9. The normalized spacial score (nSPS) is 16.4. The van der Waals surface area contributed by atoms with Gasteiger partial charge in [-0.3, -0.25) is 14.5 Å². The number of benzene rings is 1. The fourth-order valence-corrected chi connectivity index (χ4v) is 5.26. The van der Waals surface area contributed by atoms with Gasteiger partial charge in [-0.25, -0.2) is 9.67 Å².